The van der Waals surface area contributed by atoms with Crippen LogP contribution in [0.15, 0.2) is 60.1 Å². The lowest BCUT2D eigenvalue weighted by atomic mass is 9.94. The third-order valence-electron chi connectivity index (χ3n) is 5.09. The van der Waals surface area contributed by atoms with Crippen molar-refractivity contribution in [2.24, 2.45) is 0 Å². The van der Waals surface area contributed by atoms with Crippen molar-refractivity contribution in [3.63, 3.8) is 0 Å². The van der Waals surface area contributed by atoms with Crippen LogP contribution in [0.25, 0.3) is 0 Å². The minimum absolute atomic E-state index is 0.0862. The number of fused-ring (bicyclic) bond motifs is 1. The largest absolute Gasteiger partial charge is 0.497 e. The zero-order chi connectivity index (χ0) is 22.8. The summed E-state index contributed by atoms with van der Waals surface area (Å²) in [6.07, 6.45) is 1.35. The maximum Gasteiger partial charge on any atom is 0.269 e. The maximum absolute atomic E-state index is 13.4. The standard InChI is InChI=1S/C21H20N6O5/c1-12-18(20(28)25-16-8-7-15(31-2)10-17(16)32-3)19(26-21(24-12)22-11-23-26)13-5-4-6-14(9-13)27(29)30/h4-11,19H,1-3H3,(H,25,28)(H,22,23,24)/t19-/m1/s1. The molecule has 2 aromatic carbocycles. The number of ether oxygens (including phenoxy) is 2. The number of nitro benzene ring substituents is 1. The van der Waals surface area contributed by atoms with Gasteiger partial charge in [0, 0.05) is 23.9 Å². The van der Waals surface area contributed by atoms with Gasteiger partial charge >= 0.3 is 0 Å². The first-order chi connectivity index (χ1) is 15.4. The number of carbonyl (C=O) groups excluding carboxylic acids is 1. The molecule has 0 saturated heterocycles. The predicted octanol–water partition coefficient (Wildman–Crippen LogP) is 3.13. The second kappa shape index (κ2) is 8.38. The topological polar surface area (TPSA) is 133 Å². The highest BCUT2D eigenvalue weighted by molar-refractivity contribution is 6.06. The van der Waals surface area contributed by atoms with Crippen LogP contribution in [-0.4, -0.2) is 39.8 Å². The van der Waals surface area contributed by atoms with Gasteiger partial charge in [-0.3, -0.25) is 14.9 Å². The molecule has 0 unspecified atom stereocenters. The molecule has 0 bridgehead atoms. The van der Waals surface area contributed by atoms with Crippen LogP contribution in [0.3, 0.4) is 0 Å². The van der Waals surface area contributed by atoms with E-state index in [4.69, 9.17) is 9.47 Å². The number of carbonyl (C=O) groups is 1. The van der Waals surface area contributed by atoms with Crippen molar-refractivity contribution >= 4 is 23.2 Å². The lowest BCUT2D eigenvalue weighted by molar-refractivity contribution is -0.384. The smallest absolute Gasteiger partial charge is 0.269 e. The summed E-state index contributed by atoms with van der Waals surface area (Å²) in [6, 6.07) is 10.4. The van der Waals surface area contributed by atoms with Crippen molar-refractivity contribution in [1.82, 2.24) is 14.8 Å². The Morgan fingerprint density at radius 2 is 2.03 bits per heavy atom. The Labute approximate surface area is 182 Å². The number of nitrogens with one attached hydrogen (secondary N) is 2. The molecule has 2 N–H and O–H groups in total. The molecule has 1 aliphatic heterocycles. The number of non-ortho nitro benzene ring substituents is 1. The molecule has 2 heterocycles. The zero-order valence-electron chi connectivity index (χ0n) is 17.5. The van der Waals surface area contributed by atoms with E-state index in [1.54, 1.807) is 37.3 Å². The average molecular weight is 436 g/mol. The van der Waals surface area contributed by atoms with E-state index in [-0.39, 0.29) is 5.69 Å². The van der Waals surface area contributed by atoms with Gasteiger partial charge in [0.25, 0.3) is 11.6 Å². The number of anilines is 2. The molecule has 0 fully saturated rings. The number of methoxy groups -OCH3 is 2. The lowest BCUT2D eigenvalue weighted by Crippen LogP contribution is -2.31. The quantitative estimate of drug-likeness (QED) is 0.445. The number of hydrogen-bond donors (Lipinski definition) is 2. The van der Waals surface area contributed by atoms with Crippen molar-refractivity contribution in [2.75, 3.05) is 24.9 Å². The van der Waals surface area contributed by atoms with Gasteiger partial charge in [0.1, 0.15) is 23.9 Å². The number of hydrogen-bond acceptors (Lipinski definition) is 8. The Morgan fingerprint density at radius 3 is 2.75 bits per heavy atom. The number of amides is 1. The molecule has 0 spiro atoms. The molecule has 1 aliphatic rings. The summed E-state index contributed by atoms with van der Waals surface area (Å²) in [7, 11) is 3.03. The van der Waals surface area contributed by atoms with E-state index < -0.39 is 16.9 Å². The highest BCUT2D eigenvalue weighted by atomic mass is 16.6. The van der Waals surface area contributed by atoms with Crippen LogP contribution in [0.4, 0.5) is 17.3 Å². The summed E-state index contributed by atoms with van der Waals surface area (Å²) in [5, 5.41) is 21.5. The number of rotatable bonds is 6. The molecule has 1 aromatic heterocycles. The van der Waals surface area contributed by atoms with Gasteiger partial charge in [-0.05, 0) is 24.6 Å². The van der Waals surface area contributed by atoms with Gasteiger partial charge in [-0.15, -0.1) is 0 Å². The first-order valence-electron chi connectivity index (χ1n) is 9.58. The minimum Gasteiger partial charge on any atom is -0.497 e. The van der Waals surface area contributed by atoms with Crippen LogP contribution in [0.1, 0.15) is 18.5 Å². The second-order valence-corrected chi connectivity index (χ2v) is 6.97. The molecule has 0 aliphatic carbocycles. The third kappa shape index (κ3) is 3.71. The van der Waals surface area contributed by atoms with Crippen LogP contribution in [-0.2, 0) is 4.79 Å². The van der Waals surface area contributed by atoms with Crippen LogP contribution >= 0.6 is 0 Å². The predicted molar refractivity (Wildman–Crippen MR) is 116 cm³/mol. The summed E-state index contributed by atoms with van der Waals surface area (Å²) in [5.74, 6) is 1.01. The molecule has 1 atom stereocenters. The van der Waals surface area contributed by atoms with Gasteiger partial charge < -0.3 is 20.1 Å². The second-order valence-electron chi connectivity index (χ2n) is 6.97. The normalized spacial score (nSPS) is 14.9. The Hall–Kier alpha value is -4.41. The molecular formula is C21H20N6O5. The number of nitrogens with zero attached hydrogens (tertiary/aromatic N) is 4. The first kappa shape index (κ1) is 20.8. The van der Waals surface area contributed by atoms with Gasteiger partial charge in [0.15, 0.2) is 0 Å². The summed E-state index contributed by atoms with van der Waals surface area (Å²) >= 11 is 0. The van der Waals surface area contributed by atoms with E-state index in [9.17, 15) is 14.9 Å². The molecule has 32 heavy (non-hydrogen) atoms. The molecule has 0 saturated carbocycles. The number of allylic oxidation sites excluding steroid dienone is 1. The van der Waals surface area contributed by atoms with Crippen molar-refractivity contribution in [1.29, 1.82) is 0 Å². The van der Waals surface area contributed by atoms with Gasteiger partial charge in [-0.25, -0.2) is 4.68 Å². The SMILES string of the molecule is COc1ccc(NC(=O)C2=C(C)Nc3ncnn3[C@@H]2c2cccc([N+](=O)[O-])c2)c(OC)c1. The van der Waals surface area contributed by atoms with Crippen LogP contribution in [0.2, 0.25) is 0 Å². The molecule has 11 nitrogen and oxygen atoms in total. The summed E-state index contributed by atoms with van der Waals surface area (Å²) in [6.45, 7) is 1.74. The van der Waals surface area contributed by atoms with Crippen molar-refractivity contribution in [3.05, 3.63) is 75.7 Å². The monoisotopic (exact) mass is 436 g/mol. The van der Waals surface area contributed by atoms with Gasteiger partial charge in [0.05, 0.1) is 30.4 Å². The van der Waals surface area contributed by atoms with Crippen molar-refractivity contribution in [2.45, 2.75) is 13.0 Å². The van der Waals surface area contributed by atoms with Crippen LogP contribution in [0, 0.1) is 10.1 Å². The highest BCUT2D eigenvalue weighted by Crippen LogP contribution is 2.37. The summed E-state index contributed by atoms with van der Waals surface area (Å²) in [4.78, 5) is 28.5. The first-order valence-corrected chi connectivity index (χ1v) is 9.58. The zero-order valence-corrected chi connectivity index (χ0v) is 17.5. The molecule has 164 valence electrons. The van der Waals surface area contributed by atoms with Gasteiger partial charge in [0.2, 0.25) is 5.95 Å². The Balaban J connectivity index is 1.76. The fourth-order valence-corrected chi connectivity index (χ4v) is 3.59. The summed E-state index contributed by atoms with van der Waals surface area (Å²) < 4.78 is 12.1. The Kier molecular flexibility index (Phi) is 5.46. The fourth-order valence-electron chi connectivity index (χ4n) is 3.59. The van der Waals surface area contributed by atoms with Crippen LogP contribution < -0.4 is 20.1 Å². The third-order valence-corrected chi connectivity index (χ3v) is 5.09. The highest BCUT2D eigenvalue weighted by Gasteiger charge is 2.34. The number of aromatic nitrogens is 3. The van der Waals surface area contributed by atoms with Crippen molar-refractivity contribution < 1.29 is 19.2 Å². The minimum atomic E-state index is -0.724. The number of nitro groups is 1. The molecule has 4 rings (SSSR count). The Morgan fingerprint density at radius 1 is 1.22 bits per heavy atom. The van der Waals surface area contributed by atoms with Crippen LogP contribution in [0.5, 0.6) is 11.5 Å². The fraction of sp³-hybridized carbons (Fsp3) is 0.190. The van der Waals surface area contributed by atoms with Gasteiger partial charge in [-0.1, -0.05) is 12.1 Å². The lowest BCUT2D eigenvalue weighted by Gasteiger charge is -2.28. The van der Waals surface area contributed by atoms with Crippen molar-refractivity contribution in [3.8, 4) is 11.5 Å². The van der Waals surface area contributed by atoms with E-state index in [1.807, 2.05) is 0 Å². The molecule has 1 amide bonds. The molecule has 11 heteroatoms. The summed E-state index contributed by atoms with van der Waals surface area (Å²) in [5.41, 5.74) is 1.77. The maximum atomic E-state index is 13.4. The molecule has 0 radical (unpaired) electrons. The molecular weight excluding hydrogens is 416 g/mol. The van der Waals surface area contributed by atoms with Gasteiger partial charge in [-0.2, -0.15) is 10.1 Å². The van der Waals surface area contributed by atoms with E-state index in [1.165, 1.54) is 37.4 Å². The van der Waals surface area contributed by atoms with E-state index >= 15 is 0 Å². The van der Waals surface area contributed by atoms with E-state index in [0.717, 1.165) is 0 Å². The Bertz CT molecular complexity index is 1230. The number of benzene rings is 2. The average Bonchev–Trinajstić information content (AvgIpc) is 3.26. The van der Waals surface area contributed by atoms with E-state index in [0.29, 0.717) is 40.0 Å². The van der Waals surface area contributed by atoms with E-state index in [2.05, 4.69) is 20.7 Å². The molecule has 3 aromatic rings.